The number of aromatic nitrogens is 3. The van der Waals surface area contributed by atoms with Gasteiger partial charge < -0.3 is 4.74 Å². The first-order valence-corrected chi connectivity index (χ1v) is 15.0. The number of carbonyl (C=O) groups excluding carboxylic acids is 2. The van der Waals surface area contributed by atoms with E-state index in [-0.39, 0.29) is 22.7 Å². The first kappa shape index (κ1) is 32.4. The number of nitrogens with one attached hydrogen (secondary N) is 1. The van der Waals surface area contributed by atoms with Gasteiger partial charge in [-0.25, -0.2) is 19.9 Å². The van der Waals surface area contributed by atoms with Crippen LogP contribution in [0.4, 0.5) is 23.7 Å². The highest BCUT2D eigenvalue weighted by atomic mass is 32.2. The number of hydrazone groups is 1. The van der Waals surface area contributed by atoms with E-state index in [1.807, 2.05) is 39.0 Å². The molecule has 3 aromatic carbocycles. The van der Waals surface area contributed by atoms with Crippen LogP contribution >= 0.6 is 11.8 Å². The quantitative estimate of drug-likeness (QED) is 0.167. The van der Waals surface area contributed by atoms with Gasteiger partial charge in [-0.05, 0) is 73.7 Å². The summed E-state index contributed by atoms with van der Waals surface area (Å²) < 4.78 is 41.8. The molecule has 238 valence electrons. The highest BCUT2D eigenvalue weighted by Crippen LogP contribution is 2.42. The maximum Gasteiger partial charge on any atom is 0.573 e. The summed E-state index contributed by atoms with van der Waals surface area (Å²) in [5, 5.41) is 8.68. The molecule has 0 bridgehead atoms. The third-order valence-electron chi connectivity index (χ3n) is 6.87. The fraction of sp³-hybridized carbons (Fsp3) is 0.250. The molecular formula is C32H30F3N7O3S. The molecule has 14 heteroatoms. The van der Waals surface area contributed by atoms with E-state index >= 15 is 0 Å². The van der Waals surface area contributed by atoms with Crippen LogP contribution in [0.5, 0.6) is 5.75 Å². The summed E-state index contributed by atoms with van der Waals surface area (Å²) in [6.45, 7) is 9.64. The summed E-state index contributed by atoms with van der Waals surface area (Å²) in [6.07, 6.45) is -1.87. The van der Waals surface area contributed by atoms with Crippen LogP contribution in [0.1, 0.15) is 50.3 Å². The molecule has 2 heterocycles. The number of carbonyl (C=O) groups is 2. The number of rotatable bonds is 7. The molecule has 1 aromatic heterocycles. The molecule has 46 heavy (non-hydrogen) atoms. The first-order valence-electron chi connectivity index (χ1n) is 14.1. The van der Waals surface area contributed by atoms with Crippen molar-refractivity contribution in [1.82, 2.24) is 20.2 Å². The number of urea groups is 1. The van der Waals surface area contributed by atoms with Gasteiger partial charge in [0.05, 0.1) is 22.3 Å². The van der Waals surface area contributed by atoms with E-state index in [0.29, 0.717) is 28.3 Å². The molecule has 1 aliphatic rings. The Bertz CT molecular complexity index is 1820. The van der Waals surface area contributed by atoms with Crippen molar-refractivity contribution in [3.05, 3.63) is 89.7 Å². The van der Waals surface area contributed by atoms with Crippen LogP contribution in [0.2, 0.25) is 0 Å². The molecule has 4 aromatic rings. The summed E-state index contributed by atoms with van der Waals surface area (Å²) in [5.74, 6) is 0.0528. The number of alkyl halides is 3. The normalized spacial score (nSPS) is 15.7. The van der Waals surface area contributed by atoms with Crippen molar-refractivity contribution in [2.24, 2.45) is 10.1 Å². The lowest BCUT2D eigenvalue weighted by Crippen LogP contribution is -2.37. The van der Waals surface area contributed by atoms with Gasteiger partial charge in [-0.15, -0.1) is 18.3 Å². The van der Waals surface area contributed by atoms with Gasteiger partial charge in [0.15, 0.2) is 11.0 Å². The third-order valence-corrected chi connectivity index (χ3v) is 8.01. The second-order valence-electron chi connectivity index (χ2n) is 11.2. The average molecular weight is 650 g/mol. The van der Waals surface area contributed by atoms with Crippen molar-refractivity contribution in [2.45, 2.75) is 51.6 Å². The van der Waals surface area contributed by atoms with Crippen molar-refractivity contribution in [3.63, 3.8) is 0 Å². The van der Waals surface area contributed by atoms with E-state index in [4.69, 9.17) is 0 Å². The Labute approximate surface area is 267 Å². The lowest BCUT2D eigenvalue weighted by Gasteiger charge is -2.23. The number of amides is 3. The van der Waals surface area contributed by atoms with Crippen LogP contribution < -0.4 is 15.1 Å². The molecule has 0 saturated carbocycles. The molecule has 1 fully saturated rings. The fourth-order valence-corrected chi connectivity index (χ4v) is 5.64. The van der Waals surface area contributed by atoms with Gasteiger partial charge in [-0.3, -0.25) is 9.69 Å². The minimum Gasteiger partial charge on any atom is -0.406 e. The van der Waals surface area contributed by atoms with Crippen molar-refractivity contribution < 1.29 is 27.5 Å². The van der Waals surface area contributed by atoms with Gasteiger partial charge >= 0.3 is 12.4 Å². The van der Waals surface area contributed by atoms with Crippen molar-refractivity contribution in [3.8, 4) is 22.8 Å². The number of aliphatic imine (C=N–C) groups is 1. The molecule has 1 aliphatic heterocycles. The molecule has 1 saturated heterocycles. The number of anilines is 1. The number of hydrogen-bond acceptors (Lipinski definition) is 7. The predicted molar refractivity (Wildman–Crippen MR) is 171 cm³/mol. The number of hydrogen-bond donors (Lipinski definition) is 1. The number of halogens is 3. The summed E-state index contributed by atoms with van der Waals surface area (Å²) in [6, 6.07) is 17.5. The van der Waals surface area contributed by atoms with Gasteiger partial charge in [0, 0.05) is 5.56 Å². The maximum atomic E-state index is 13.4. The summed E-state index contributed by atoms with van der Waals surface area (Å²) in [4.78, 5) is 36.1. The van der Waals surface area contributed by atoms with Gasteiger partial charge in [0.25, 0.3) is 0 Å². The summed E-state index contributed by atoms with van der Waals surface area (Å²) >= 11 is 1.22. The molecular weight excluding hydrogens is 619 g/mol. The summed E-state index contributed by atoms with van der Waals surface area (Å²) in [5.41, 5.74) is 6.93. The molecule has 0 unspecified atom stereocenters. The number of nitrogens with zero attached hydrogens (tertiary/aromatic N) is 6. The second kappa shape index (κ2) is 12.8. The third kappa shape index (κ3) is 7.45. The molecule has 0 radical (unpaired) electrons. The SMILES string of the molecule is Cc1ccc(C(C)C)c(N2C(=O)C(C)(C)SC2=NC(=O)N/N=C/c2ccc(-c3ncn(-c4ccc(OC(F)(F)F)cc4)n3)cc2)c1. The number of thioether (sulfide) groups is 1. The van der Waals surface area contributed by atoms with Gasteiger partial charge in [-0.2, -0.15) is 10.1 Å². The minimum atomic E-state index is -4.77. The van der Waals surface area contributed by atoms with Crippen molar-refractivity contribution >= 4 is 40.8 Å². The zero-order valence-electron chi connectivity index (χ0n) is 25.5. The monoisotopic (exact) mass is 649 g/mol. The molecule has 5 rings (SSSR count). The molecule has 0 spiro atoms. The molecule has 3 amide bonds. The van der Waals surface area contributed by atoms with Crippen LogP contribution in [0.3, 0.4) is 0 Å². The zero-order valence-corrected chi connectivity index (χ0v) is 26.3. The molecule has 0 aliphatic carbocycles. The van der Waals surface area contributed by atoms with Crippen molar-refractivity contribution in [2.75, 3.05) is 4.90 Å². The molecule has 10 nitrogen and oxygen atoms in total. The Balaban J connectivity index is 1.25. The van der Waals surface area contributed by atoms with E-state index in [2.05, 4.69) is 30.3 Å². The van der Waals surface area contributed by atoms with E-state index in [0.717, 1.165) is 11.1 Å². The standard InChI is InChI=1S/C32H30F3N7O3S/c1-19(2)25-15-6-20(3)16-26(25)42-28(43)31(4,5)46-30(42)38-29(44)39-37-17-21-7-9-22(10-8-21)27-36-18-41(40-27)23-11-13-24(14-12-23)45-32(33,34)35/h6-19H,1-5H3,(H,39,44)/b37-17+,38-30?. The van der Waals surface area contributed by atoms with Crippen molar-refractivity contribution in [1.29, 1.82) is 0 Å². The van der Waals surface area contributed by atoms with Crippen LogP contribution in [-0.2, 0) is 4.79 Å². The van der Waals surface area contributed by atoms with Crippen LogP contribution in [0.15, 0.2) is 83.2 Å². The van der Waals surface area contributed by atoms with Gasteiger partial charge in [-0.1, -0.05) is 62.0 Å². The lowest BCUT2D eigenvalue weighted by molar-refractivity contribution is -0.274. The topological polar surface area (TPSA) is 114 Å². The Kier molecular flexibility index (Phi) is 9.01. The Morgan fingerprint density at radius 3 is 2.41 bits per heavy atom. The van der Waals surface area contributed by atoms with E-state index in [9.17, 15) is 22.8 Å². The zero-order chi connectivity index (χ0) is 33.2. The molecule has 1 N–H and O–H groups in total. The smallest absolute Gasteiger partial charge is 0.406 e. The minimum absolute atomic E-state index is 0.150. The number of ether oxygens (including phenoxy) is 1. The Morgan fingerprint density at radius 2 is 1.76 bits per heavy atom. The van der Waals surface area contributed by atoms with E-state index < -0.39 is 17.1 Å². The second-order valence-corrected chi connectivity index (χ2v) is 12.8. The van der Waals surface area contributed by atoms with Gasteiger partial charge in [0.2, 0.25) is 5.91 Å². The number of aryl methyl sites for hydroxylation is 1. The molecule has 0 atom stereocenters. The number of benzene rings is 3. The predicted octanol–water partition coefficient (Wildman–Crippen LogP) is 7.22. The van der Waals surface area contributed by atoms with Gasteiger partial charge in [0.1, 0.15) is 12.1 Å². The first-order chi connectivity index (χ1) is 21.7. The van der Waals surface area contributed by atoms with E-state index in [1.165, 1.54) is 58.2 Å². The van der Waals surface area contributed by atoms with Crippen LogP contribution in [-0.4, -0.2) is 49.2 Å². The Morgan fingerprint density at radius 1 is 1.07 bits per heavy atom. The highest BCUT2D eigenvalue weighted by Gasteiger charge is 2.46. The fourth-order valence-electron chi connectivity index (χ4n) is 4.61. The summed E-state index contributed by atoms with van der Waals surface area (Å²) in [7, 11) is 0. The largest absolute Gasteiger partial charge is 0.573 e. The number of amidine groups is 1. The maximum absolute atomic E-state index is 13.4. The Hall–Kier alpha value is -4.98. The highest BCUT2D eigenvalue weighted by molar-refractivity contribution is 8.16. The average Bonchev–Trinajstić information content (AvgIpc) is 3.55. The van der Waals surface area contributed by atoms with E-state index in [1.54, 1.807) is 38.1 Å². The lowest BCUT2D eigenvalue weighted by atomic mass is 9.98. The van der Waals surface area contributed by atoms with Crippen LogP contribution in [0, 0.1) is 6.92 Å². The van der Waals surface area contributed by atoms with Crippen LogP contribution in [0.25, 0.3) is 17.1 Å².